The fourth-order valence-corrected chi connectivity index (χ4v) is 2.10. The molecule has 3 heteroatoms. The molecule has 0 bridgehead atoms. The van der Waals surface area contributed by atoms with E-state index in [4.69, 9.17) is 4.74 Å². The van der Waals surface area contributed by atoms with Crippen LogP contribution in [-0.2, 0) is 11.3 Å². The van der Waals surface area contributed by atoms with Crippen molar-refractivity contribution in [1.29, 1.82) is 0 Å². The van der Waals surface area contributed by atoms with Gasteiger partial charge in [-0.3, -0.25) is 4.98 Å². The van der Waals surface area contributed by atoms with Gasteiger partial charge in [0.05, 0.1) is 17.8 Å². The van der Waals surface area contributed by atoms with Crippen LogP contribution in [0, 0.1) is 5.92 Å². The third kappa shape index (κ3) is 3.75. The van der Waals surface area contributed by atoms with Crippen molar-refractivity contribution in [2.75, 3.05) is 19.8 Å². The summed E-state index contributed by atoms with van der Waals surface area (Å²) in [6.45, 7) is 3.43. The Morgan fingerprint density at radius 1 is 1.16 bits per heavy atom. The Bertz CT molecular complexity index is 537. The van der Waals surface area contributed by atoms with E-state index >= 15 is 0 Å². The lowest BCUT2D eigenvalue weighted by atomic mass is 10.2. The fourth-order valence-electron chi connectivity index (χ4n) is 2.10. The number of fused-ring (bicyclic) bond motifs is 1. The van der Waals surface area contributed by atoms with E-state index in [2.05, 4.69) is 34.6 Å². The zero-order valence-electron chi connectivity index (χ0n) is 11.1. The maximum atomic E-state index is 5.58. The Morgan fingerprint density at radius 3 is 2.95 bits per heavy atom. The first-order chi connectivity index (χ1) is 9.42. The molecule has 0 aliphatic heterocycles. The van der Waals surface area contributed by atoms with E-state index in [1.807, 2.05) is 12.1 Å². The smallest absolute Gasteiger partial charge is 0.0705 e. The minimum Gasteiger partial charge on any atom is -0.380 e. The molecule has 0 saturated heterocycles. The molecular weight excluding hydrogens is 236 g/mol. The van der Waals surface area contributed by atoms with Crippen LogP contribution in [0.15, 0.2) is 36.4 Å². The second kappa shape index (κ2) is 6.13. The van der Waals surface area contributed by atoms with Crippen LogP contribution in [0.4, 0.5) is 0 Å². The molecule has 3 nitrogen and oxygen atoms in total. The van der Waals surface area contributed by atoms with Crippen LogP contribution in [0.2, 0.25) is 0 Å². The molecule has 0 radical (unpaired) electrons. The maximum Gasteiger partial charge on any atom is 0.0705 e. The first-order valence-corrected chi connectivity index (χ1v) is 7.05. The molecule has 2 aromatic rings. The average Bonchev–Trinajstić information content (AvgIpc) is 3.27. The molecule has 1 heterocycles. The molecule has 1 aromatic carbocycles. The summed E-state index contributed by atoms with van der Waals surface area (Å²) in [6.07, 6.45) is 2.71. The molecule has 19 heavy (non-hydrogen) atoms. The number of hydrogen-bond donors (Lipinski definition) is 1. The molecule has 1 saturated carbocycles. The number of para-hydroxylation sites is 1. The van der Waals surface area contributed by atoms with Crippen molar-refractivity contribution in [3.8, 4) is 0 Å². The highest BCUT2D eigenvalue weighted by Gasteiger charge is 2.20. The summed E-state index contributed by atoms with van der Waals surface area (Å²) in [4.78, 5) is 4.63. The molecule has 0 unspecified atom stereocenters. The summed E-state index contributed by atoms with van der Waals surface area (Å²) in [7, 11) is 0. The predicted octanol–water partition coefficient (Wildman–Crippen LogP) is 2.75. The van der Waals surface area contributed by atoms with Gasteiger partial charge in [0.25, 0.3) is 0 Å². The van der Waals surface area contributed by atoms with E-state index in [1.54, 1.807) is 0 Å². The Kier molecular flexibility index (Phi) is 4.06. The number of hydrogen-bond acceptors (Lipinski definition) is 3. The lowest BCUT2D eigenvalue weighted by Gasteiger charge is -2.06. The summed E-state index contributed by atoms with van der Waals surface area (Å²) in [6, 6.07) is 12.4. The summed E-state index contributed by atoms with van der Waals surface area (Å²) in [5, 5.41) is 4.57. The second-order valence-corrected chi connectivity index (χ2v) is 5.19. The van der Waals surface area contributed by atoms with Crippen LogP contribution < -0.4 is 5.32 Å². The van der Waals surface area contributed by atoms with Gasteiger partial charge in [-0.1, -0.05) is 24.3 Å². The van der Waals surface area contributed by atoms with Gasteiger partial charge in [0, 0.05) is 25.1 Å². The van der Waals surface area contributed by atoms with E-state index in [-0.39, 0.29) is 0 Å². The number of benzene rings is 1. The molecule has 0 spiro atoms. The van der Waals surface area contributed by atoms with Crippen LogP contribution in [0.5, 0.6) is 0 Å². The van der Waals surface area contributed by atoms with Gasteiger partial charge >= 0.3 is 0 Å². The Labute approximate surface area is 114 Å². The monoisotopic (exact) mass is 256 g/mol. The highest BCUT2D eigenvalue weighted by Crippen LogP contribution is 2.28. The van der Waals surface area contributed by atoms with Crippen LogP contribution in [0.3, 0.4) is 0 Å². The van der Waals surface area contributed by atoms with Crippen LogP contribution in [-0.4, -0.2) is 24.7 Å². The van der Waals surface area contributed by atoms with E-state index in [1.165, 1.54) is 18.2 Å². The maximum absolute atomic E-state index is 5.58. The number of nitrogens with zero attached hydrogens (tertiary/aromatic N) is 1. The first-order valence-electron chi connectivity index (χ1n) is 7.05. The zero-order chi connectivity index (χ0) is 12.9. The third-order valence-corrected chi connectivity index (χ3v) is 3.44. The molecule has 100 valence electrons. The van der Waals surface area contributed by atoms with Crippen molar-refractivity contribution >= 4 is 10.9 Å². The van der Waals surface area contributed by atoms with Gasteiger partial charge in [0.1, 0.15) is 0 Å². The lowest BCUT2D eigenvalue weighted by molar-refractivity contribution is 0.126. The van der Waals surface area contributed by atoms with Gasteiger partial charge in [-0.25, -0.2) is 0 Å². The standard InChI is InChI=1S/C16H20N2O/c1-2-4-16-14(3-1)7-8-15(18-16)11-17-9-10-19-12-13-5-6-13/h1-4,7-8,13,17H,5-6,9-12H2. The summed E-state index contributed by atoms with van der Waals surface area (Å²) in [5.41, 5.74) is 2.15. The summed E-state index contributed by atoms with van der Waals surface area (Å²) >= 11 is 0. The lowest BCUT2D eigenvalue weighted by Crippen LogP contribution is -2.20. The predicted molar refractivity (Wildman–Crippen MR) is 77.0 cm³/mol. The molecule has 1 N–H and O–H groups in total. The minimum atomic E-state index is 0.796. The van der Waals surface area contributed by atoms with Gasteiger partial charge in [0.15, 0.2) is 0 Å². The van der Waals surface area contributed by atoms with E-state index in [9.17, 15) is 0 Å². The quantitative estimate of drug-likeness (QED) is 0.773. The van der Waals surface area contributed by atoms with Crippen molar-refractivity contribution in [3.05, 3.63) is 42.1 Å². The number of ether oxygens (including phenoxy) is 1. The third-order valence-electron chi connectivity index (χ3n) is 3.44. The van der Waals surface area contributed by atoms with Crippen molar-refractivity contribution in [3.63, 3.8) is 0 Å². The molecular formula is C16H20N2O. The molecule has 3 rings (SSSR count). The number of nitrogens with one attached hydrogen (secondary N) is 1. The van der Waals surface area contributed by atoms with Crippen molar-refractivity contribution < 1.29 is 4.74 Å². The number of pyridine rings is 1. The van der Waals surface area contributed by atoms with E-state index < -0.39 is 0 Å². The van der Waals surface area contributed by atoms with Crippen LogP contribution in [0.25, 0.3) is 10.9 Å². The minimum absolute atomic E-state index is 0.796. The summed E-state index contributed by atoms with van der Waals surface area (Å²) in [5.74, 6) is 0.849. The largest absolute Gasteiger partial charge is 0.380 e. The molecule has 0 atom stereocenters. The highest BCUT2D eigenvalue weighted by atomic mass is 16.5. The SMILES string of the molecule is c1ccc2nc(CNCCOCC3CC3)ccc2c1. The van der Waals surface area contributed by atoms with Crippen molar-refractivity contribution in [1.82, 2.24) is 10.3 Å². The number of rotatable bonds is 7. The van der Waals surface area contributed by atoms with Crippen LogP contribution >= 0.6 is 0 Å². The molecule has 0 amide bonds. The van der Waals surface area contributed by atoms with Crippen molar-refractivity contribution in [2.24, 2.45) is 5.92 Å². The van der Waals surface area contributed by atoms with Gasteiger partial charge in [-0.2, -0.15) is 0 Å². The molecule has 1 aromatic heterocycles. The number of aromatic nitrogens is 1. The highest BCUT2D eigenvalue weighted by molar-refractivity contribution is 5.78. The molecule has 1 aliphatic rings. The van der Waals surface area contributed by atoms with Crippen molar-refractivity contribution in [2.45, 2.75) is 19.4 Å². The fraction of sp³-hybridized carbons (Fsp3) is 0.438. The Hall–Kier alpha value is -1.45. The average molecular weight is 256 g/mol. The zero-order valence-corrected chi connectivity index (χ0v) is 11.1. The Balaban J connectivity index is 1.42. The van der Waals surface area contributed by atoms with Gasteiger partial charge in [0.2, 0.25) is 0 Å². The van der Waals surface area contributed by atoms with E-state index in [0.29, 0.717) is 0 Å². The van der Waals surface area contributed by atoms with Gasteiger partial charge in [-0.05, 0) is 30.9 Å². The Morgan fingerprint density at radius 2 is 2.05 bits per heavy atom. The summed E-state index contributed by atoms with van der Waals surface area (Å²) < 4.78 is 5.58. The second-order valence-electron chi connectivity index (χ2n) is 5.19. The topological polar surface area (TPSA) is 34.2 Å². The van der Waals surface area contributed by atoms with Gasteiger partial charge < -0.3 is 10.1 Å². The van der Waals surface area contributed by atoms with Gasteiger partial charge in [-0.15, -0.1) is 0 Å². The molecule has 1 aliphatic carbocycles. The van der Waals surface area contributed by atoms with Crippen LogP contribution in [0.1, 0.15) is 18.5 Å². The molecule has 1 fully saturated rings. The van der Waals surface area contributed by atoms with E-state index in [0.717, 1.165) is 43.4 Å². The first kappa shape index (κ1) is 12.6. The normalized spacial score (nSPS) is 14.9.